The Bertz CT molecular complexity index is 685. The topological polar surface area (TPSA) is 69.0 Å². The minimum Gasteiger partial charge on any atom is -0.383 e. The lowest BCUT2D eigenvalue weighted by Gasteiger charge is -2.12. The molecule has 1 N–H and O–H groups in total. The largest absolute Gasteiger partial charge is 0.418 e. The first-order valence-corrected chi connectivity index (χ1v) is 6.71. The van der Waals surface area contributed by atoms with E-state index in [4.69, 9.17) is 4.74 Å². The molecule has 0 saturated carbocycles. The number of methoxy groups -OCH3 is 1. The number of para-hydroxylation sites is 1. The molecule has 0 spiro atoms. The fourth-order valence-electron chi connectivity index (χ4n) is 1.99. The van der Waals surface area contributed by atoms with Crippen molar-refractivity contribution in [1.82, 2.24) is 20.3 Å². The lowest BCUT2D eigenvalue weighted by Crippen LogP contribution is -2.35. The van der Waals surface area contributed by atoms with Gasteiger partial charge in [0, 0.05) is 13.2 Å². The highest BCUT2D eigenvalue weighted by molar-refractivity contribution is 5.92. The fraction of sp³-hybridized carbons (Fsp3) is 0.357. The maximum absolute atomic E-state index is 13.0. The highest BCUT2D eigenvalue weighted by Gasteiger charge is 2.34. The SMILES string of the molecule is COC[C@H](C)NC(=O)c1cn(-c2ccccc2C(F)(F)F)nn1. The number of carbonyl (C=O) groups is 1. The van der Waals surface area contributed by atoms with Crippen molar-refractivity contribution >= 4 is 5.91 Å². The van der Waals surface area contributed by atoms with Crippen molar-refractivity contribution in [2.45, 2.75) is 19.1 Å². The molecular formula is C14H15F3N4O2. The van der Waals surface area contributed by atoms with E-state index in [9.17, 15) is 18.0 Å². The summed E-state index contributed by atoms with van der Waals surface area (Å²) < 4.78 is 44.8. The quantitative estimate of drug-likeness (QED) is 0.912. The third kappa shape index (κ3) is 4.07. The Morgan fingerprint density at radius 2 is 2.09 bits per heavy atom. The van der Waals surface area contributed by atoms with Crippen molar-refractivity contribution in [3.8, 4) is 5.69 Å². The summed E-state index contributed by atoms with van der Waals surface area (Å²) in [6, 6.07) is 4.67. The second-order valence-electron chi connectivity index (χ2n) is 4.89. The van der Waals surface area contributed by atoms with Gasteiger partial charge in [0.15, 0.2) is 5.69 Å². The van der Waals surface area contributed by atoms with Gasteiger partial charge in [-0.25, -0.2) is 4.68 Å². The number of amides is 1. The van der Waals surface area contributed by atoms with Gasteiger partial charge in [-0.1, -0.05) is 17.3 Å². The number of alkyl halides is 3. The first-order chi connectivity index (χ1) is 10.8. The first kappa shape index (κ1) is 16.9. The minimum absolute atomic E-state index is 0.0788. The third-order valence-electron chi connectivity index (χ3n) is 2.98. The van der Waals surface area contributed by atoms with Gasteiger partial charge in [0.25, 0.3) is 5.91 Å². The van der Waals surface area contributed by atoms with Gasteiger partial charge < -0.3 is 10.1 Å². The molecule has 2 aromatic rings. The van der Waals surface area contributed by atoms with Crippen molar-refractivity contribution < 1.29 is 22.7 Å². The molecule has 124 valence electrons. The number of aromatic nitrogens is 3. The summed E-state index contributed by atoms with van der Waals surface area (Å²) in [6.45, 7) is 2.03. The molecule has 0 saturated heterocycles. The molecule has 1 amide bonds. The zero-order valence-corrected chi connectivity index (χ0v) is 12.5. The zero-order chi connectivity index (χ0) is 17.0. The maximum atomic E-state index is 13.0. The molecule has 0 fully saturated rings. The number of rotatable bonds is 5. The number of hydrogen-bond donors (Lipinski definition) is 1. The highest BCUT2D eigenvalue weighted by Crippen LogP contribution is 2.33. The average Bonchev–Trinajstić information content (AvgIpc) is 2.96. The van der Waals surface area contributed by atoms with E-state index in [1.807, 2.05) is 0 Å². The van der Waals surface area contributed by atoms with Crippen LogP contribution in [0.15, 0.2) is 30.5 Å². The van der Waals surface area contributed by atoms with E-state index in [0.717, 1.165) is 16.9 Å². The number of hydrogen-bond acceptors (Lipinski definition) is 4. The molecule has 1 atom stereocenters. The summed E-state index contributed by atoms with van der Waals surface area (Å²) in [6.07, 6.45) is -3.38. The summed E-state index contributed by atoms with van der Waals surface area (Å²) >= 11 is 0. The Kier molecular flexibility index (Phi) is 4.99. The molecule has 9 heteroatoms. The van der Waals surface area contributed by atoms with Crippen molar-refractivity contribution in [3.63, 3.8) is 0 Å². The molecule has 0 aliphatic rings. The van der Waals surface area contributed by atoms with Gasteiger partial charge >= 0.3 is 6.18 Å². The molecule has 0 radical (unpaired) electrons. The van der Waals surface area contributed by atoms with E-state index in [0.29, 0.717) is 6.61 Å². The van der Waals surface area contributed by atoms with Crippen LogP contribution in [0.1, 0.15) is 23.0 Å². The van der Waals surface area contributed by atoms with E-state index < -0.39 is 17.6 Å². The summed E-state index contributed by atoms with van der Waals surface area (Å²) in [5.74, 6) is -0.537. The summed E-state index contributed by atoms with van der Waals surface area (Å²) in [4.78, 5) is 12.0. The molecule has 0 bridgehead atoms. The van der Waals surface area contributed by atoms with E-state index in [-0.39, 0.29) is 17.4 Å². The number of ether oxygens (including phenoxy) is 1. The van der Waals surface area contributed by atoms with Gasteiger partial charge in [0.1, 0.15) is 0 Å². The summed E-state index contributed by atoms with van der Waals surface area (Å²) in [7, 11) is 1.49. The lowest BCUT2D eigenvalue weighted by molar-refractivity contribution is -0.137. The normalized spacial score (nSPS) is 12.9. The van der Waals surface area contributed by atoms with Gasteiger partial charge in [-0.15, -0.1) is 5.10 Å². The molecule has 0 unspecified atom stereocenters. The first-order valence-electron chi connectivity index (χ1n) is 6.71. The second kappa shape index (κ2) is 6.78. The van der Waals surface area contributed by atoms with Gasteiger partial charge in [0.2, 0.25) is 0 Å². The van der Waals surface area contributed by atoms with Crippen LogP contribution in [0.3, 0.4) is 0 Å². The van der Waals surface area contributed by atoms with E-state index in [1.54, 1.807) is 6.92 Å². The van der Waals surface area contributed by atoms with Gasteiger partial charge in [0.05, 0.1) is 24.1 Å². The molecule has 1 heterocycles. The van der Waals surface area contributed by atoms with Crippen LogP contribution in [0.5, 0.6) is 0 Å². The molecule has 0 aliphatic carbocycles. The number of carbonyl (C=O) groups excluding carboxylic acids is 1. The van der Waals surface area contributed by atoms with Crippen LogP contribution in [-0.4, -0.2) is 40.7 Å². The Morgan fingerprint density at radius 3 is 2.74 bits per heavy atom. The highest BCUT2D eigenvalue weighted by atomic mass is 19.4. The molecule has 6 nitrogen and oxygen atoms in total. The molecule has 1 aromatic carbocycles. The van der Waals surface area contributed by atoms with Crippen LogP contribution in [0.2, 0.25) is 0 Å². The third-order valence-corrected chi connectivity index (χ3v) is 2.98. The summed E-state index contributed by atoms with van der Waals surface area (Å²) in [5.41, 5.74) is -1.13. The number of nitrogens with zero attached hydrogens (tertiary/aromatic N) is 3. The number of halogens is 3. The van der Waals surface area contributed by atoms with Gasteiger partial charge in [-0.05, 0) is 19.1 Å². The Hall–Kier alpha value is -2.42. The van der Waals surface area contributed by atoms with Crippen molar-refractivity contribution in [2.24, 2.45) is 0 Å². The fourth-order valence-corrected chi connectivity index (χ4v) is 1.99. The zero-order valence-electron chi connectivity index (χ0n) is 12.5. The molecule has 2 rings (SSSR count). The van der Waals surface area contributed by atoms with Crippen LogP contribution < -0.4 is 5.32 Å². The molecular weight excluding hydrogens is 313 g/mol. The Morgan fingerprint density at radius 1 is 1.39 bits per heavy atom. The van der Waals surface area contributed by atoms with Crippen molar-refractivity contribution in [2.75, 3.05) is 13.7 Å². The Balaban J connectivity index is 2.25. The molecule has 23 heavy (non-hydrogen) atoms. The van der Waals surface area contributed by atoms with Crippen LogP contribution in [-0.2, 0) is 10.9 Å². The predicted molar refractivity (Wildman–Crippen MR) is 75.2 cm³/mol. The smallest absolute Gasteiger partial charge is 0.383 e. The Labute approximate surface area is 130 Å². The van der Waals surface area contributed by atoms with E-state index in [1.165, 1.54) is 25.3 Å². The standard InChI is InChI=1S/C14H15F3N4O2/c1-9(8-23-2)18-13(22)11-7-21(20-19-11)12-6-4-3-5-10(12)14(15,16)17/h3-7,9H,8H2,1-2H3,(H,18,22)/t9-/m0/s1. The number of benzene rings is 1. The van der Waals surface area contributed by atoms with E-state index in [2.05, 4.69) is 15.6 Å². The summed E-state index contributed by atoms with van der Waals surface area (Å²) in [5, 5.41) is 9.84. The van der Waals surface area contributed by atoms with Crippen LogP contribution in [0.4, 0.5) is 13.2 Å². The average molecular weight is 328 g/mol. The monoisotopic (exact) mass is 328 g/mol. The number of nitrogens with one attached hydrogen (secondary N) is 1. The van der Waals surface area contributed by atoms with Gasteiger partial charge in [-0.3, -0.25) is 4.79 Å². The maximum Gasteiger partial charge on any atom is 0.418 e. The van der Waals surface area contributed by atoms with Gasteiger partial charge in [-0.2, -0.15) is 13.2 Å². The van der Waals surface area contributed by atoms with Crippen molar-refractivity contribution in [3.05, 3.63) is 41.7 Å². The molecule has 0 aliphatic heterocycles. The molecule has 1 aromatic heterocycles. The van der Waals surface area contributed by atoms with Crippen LogP contribution >= 0.6 is 0 Å². The van der Waals surface area contributed by atoms with Crippen molar-refractivity contribution in [1.29, 1.82) is 0 Å². The predicted octanol–water partition coefficient (Wildman–Crippen LogP) is 2.05. The second-order valence-corrected chi connectivity index (χ2v) is 4.89. The van der Waals surface area contributed by atoms with Crippen LogP contribution in [0, 0.1) is 0 Å². The van der Waals surface area contributed by atoms with Crippen LogP contribution in [0.25, 0.3) is 5.69 Å². The minimum atomic E-state index is -4.53. The van der Waals surface area contributed by atoms with E-state index >= 15 is 0 Å². The lowest BCUT2D eigenvalue weighted by atomic mass is 10.1.